The van der Waals surface area contributed by atoms with Gasteiger partial charge in [0.15, 0.2) is 0 Å². The number of nitrogens with two attached hydrogens (primary N) is 1. The van der Waals surface area contributed by atoms with Crippen LogP contribution in [0.4, 0.5) is 17.1 Å². The fourth-order valence-corrected chi connectivity index (χ4v) is 2.56. The first-order valence-electron chi connectivity index (χ1n) is 5.53. The van der Waals surface area contributed by atoms with E-state index < -0.39 is 14.2 Å². The van der Waals surface area contributed by atoms with E-state index in [-0.39, 0.29) is 15.8 Å². The zero-order valence-corrected chi connectivity index (χ0v) is 12.1. The van der Waals surface area contributed by atoms with Crippen molar-refractivity contribution in [3.8, 4) is 5.75 Å². The number of nitrogens with zero attached hydrogens (tertiary/aromatic N) is 2. The maximum atomic E-state index is 11.1. The van der Waals surface area contributed by atoms with Crippen molar-refractivity contribution in [3.05, 3.63) is 42.5 Å². The van der Waals surface area contributed by atoms with Crippen molar-refractivity contribution in [2.75, 3.05) is 5.73 Å². The fourth-order valence-electron chi connectivity index (χ4n) is 1.43. The number of anilines is 1. The molecule has 7 nitrogen and oxygen atoms in total. The monoisotopic (exact) mass is 337 g/mol. The summed E-state index contributed by atoms with van der Waals surface area (Å²) in [7, 11) is 0. The number of nitrogen functional groups attached to an aromatic ring is 1. The molecule has 0 aromatic heterocycles. The quantitative estimate of drug-likeness (QED) is 0.287. The SMILES string of the molecule is Nc1cc(N=Nc2ccc([As](=O)(O)O)cc2)ccc1O. The molecule has 0 saturated heterocycles. The van der Waals surface area contributed by atoms with Crippen LogP contribution in [0.3, 0.4) is 0 Å². The Balaban J connectivity index is 2.19. The van der Waals surface area contributed by atoms with Crippen LogP contribution < -0.4 is 10.1 Å². The topological polar surface area (TPSA) is 128 Å². The zero-order chi connectivity index (χ0) is 14.8. The molecule has 0 aliphatic rings. The number of benzene rings is 2. The van der Waals surface area contributed by atoms with Gasteiger partial charge in [-0.2, -0.15) is 0 Å². The predicted molar refractivity (Wildman–Crippen MR) is 73.6 cm³/mol. The van der Waals surface area contributed by atoms with E-state index in [2.05, 4.69) is 10.2 Å². The second kappa shape index (κ2) is 5.50. The normalized spacial score (nSPS) is 11.9. The molecule has 2 aromatic rings. The summed E-state index contributed by atoms with van der Waals surface area (Å²) in [4.78, 5) is 0. The Morgan fingerprint density at radius 2 is 1.50 bits per heavy atom. The van der Waals surface area contributed by atoms with Crippen LogP contribution in [-0.2, 0) is 3.74 Å². The van der Waals surface area contributed by atoms with E-state index in [0.29, 0.717) is 11.4 Å². The van der Waals surface area contributed by atoms with Crippen molar-refractivity contribution >= 4 is 35.6 Å². The first-order chi connectivity index (χ1) is 9.36. The summed E-state index contributed by atoms with van der Waals surface area (Å²) in [5.74, 6) is -0.0304. The third-order valence-corrected chi connectivity index (χ3v) is 4.52. The third-order valence-electron chi connectivity index (χ3n) is 2.48. The van der Waals surface area contributed by atoms with Crippen molar-refractivity contribution in [2.45, 2.75) is 0 Å². The van der Waals surface area contributed by atoms with Gasteiger partial charge in [-0.15, -0.1) is 0 Å². The fraction of sp³-hybridized carbons (Fsp3) is 0. The first-order valence-corrected chi connectivity index (χ1v) is 8.91. The van der Waals surface area contributed by atoms with Crippen LogP contribution in [0.25, 0.3) is 0 Å². The van der Waals surface area contributed by atoms with Gasteiger partial charge in [0.25, 0.3) is 0 Å². The van der Waals surface area contributed by atoms with Crippen LogP contribution in [0.15, 0.2) is 52.7 Å². The number of phenols is 1. The van der Waals surface area contributed by atoms with Crippen molar-refractivity contribution in [1.82, 2.24) is 0 Å². The molecule has 0 heterocycles. The second-order valence-electron chi connectivity index (χ2n) is 4.00. The summed E-state index contributed by atoms with van der Waals surface area (Å²) in [6.45, 7) is 0. The summed E-state index contributed by atoms with van der Waals surface area (Å²) < 4.78 is 29.1. The summed E-state index contributed by atoms with van der Waals surface area (Å²) >= 11 is -4.86. The van der Waals surface area contributed by atoms with E-state index in [1.54, 1.807) is 6.07 Å². The Labute approximate surface area is 117 Å². The van der Waals surface area contributed by atoms with E-state index in [4.69, 9.17) is 13.9 Å². The second-order valence-corrected chi connectivity index (χ2v) is 7.37. The molecule has 0 atom stereocenters. The van der Waals surface area contributed by atoms with Gasteiger partial charge < -0.3 is 0 Å². The summed E-state index contributed by atoms with van der Waals surface area (Å²) in [6, 6.07) is 9.97. The summed E-state index contributed by atoms with van der Waals surface area (Å²) in [6.07, 6.45) is 0. The number of rotatable bonds is 3. The molecule has 0 fully saturated rings. The number of phenolic OH excluding ortho intramolecular Hbond substituents is 1. The van der Waals surface area contributed by atoms with Gasteiger partial charge in [-0.3, -0.25) is 0 Å². The first kappa shape index (κ1) is 14.3. The predicted octanol–water partition coefficient (Wildman–Crippen LogP) is 0.951. The van der Waals surface area contributed by atoms with Crippen LogP contribution in [0, 0.1) is 0 Å². The van der Waals surface area contributed by atoms with Gasteiger partial charge in [0.1, 0.15) is 0 Å². The van der Waals surface area contributed by atoms with Crippen LogP contribution in [0.2, 0.25) is 0 Å². The molecule has 0 unspecified atom stereocenters. The minimum atomic E-state index is -4.86. The standard InChI is InChI=1S/C12H12AsN3O4/c14-11-7-10(5-6-12(11)17)16-15-9-3-1-8(2-4-9)13(18,19)20/h1-7,17H,14H2,(H2,18,19,20). The van der Waals surface area contributed by atoms with Gasteiger partial charge in [-0.1, -0.05) is 0 Å². The van der Waals surface area contributed by atoms with Crippen molar-refractivity contribution in [3.63, 3.8) is 0 Å². The van der Waals surface area contributed by atoms with Gasteiger partial charge in [-0.25, -0.2) is 0 Å². The zero-order valence-electron chi connectivity index (χ0n) is 10.2. The van der Waals surface area contributed by atoms with E-state index in [1.807, 2.05) is 0 Å². The third kappa shape index (κ3) is 3.48. The van der Waals surface area contributed by atoms with Crippen molar-refractivity contribution in [1.29, 1.82) is 0 Å². The van der Waals surface area contributed by atoms with E-state index >= 15 is 0 Å². The van der Waals surface area contributed by atoms with Crippen molar-refractivity contribution < 1.29 is 17.0 Å². The molecular formula is C12H12AsN3O4. The Bertz CT molecular complexity index is 694. The van der Waals surface area contributed by atoms with Gasteiger partial charge in [-0.05, 0) is 0 Å². The molecule has 2 aromatic carbocycles. The minimum absolute atomic E-state index is 0.0176. The molecule has 0 amide bonds. The van der Waals surface area contributed by atoms with Crippen LogP contribution in [-0.4, -0.2) is 27.5 Å². The summed E-state index contributed by atoms with van der Waals surface area (Å²) in [5, 5.41) is 17.1. The molecule has 0 radical (unpaired) electrons. The number of hydrogen-bond donors (Lipinski definition) is 4. The molecule has 0 bridgehead atoms. The van der Waals surface area contributed by atoms with Crippen LogP contribution >= 0.6 is 0 Å². The van der Waals surface area contributed by atoms with E-state index in [0.717, 1.165) is 0 Å². The molecule has 5 N–H and O–H groups in total. The molecule has 20 heavy (non-hydrogen) atoms. The number of hydrogen-bond acceptors (Lipinski definition) is 5. The Kier molecular flexibility index (Phi) is 3.94. The Morgan fingerprint density at radius 1 is 0.950 bits per heavy atom. The molecule has 0 saturated carbocycles. The molecule has 8 heteroatoms. The van der Waals surface area contributed by atoms with Gasteiger partial charge in [0, 0.05) is 0 Å². The maximum absolute atomic E-state index is 11.1. The van der Waals surface area contributed by atoms with E-state index in [9.17, 15) is 8.85 Å². The average Bonchev–Trinajstić information content (AvgIpc) is 2.40. The van der Waals surface area contributed by atoms with Gasteiger partial charge in [0.2, 0.25) is 0 Å². The molecule has 0 aliphatic carbocycles. The number of azo groups is 1. The summed E-state index contributed by atoms with van der Waals surface area (Å²) in [5.41, 5.74) is 6.63. The molecule has 104 valence electrons. The molecule has 2 rings (SSSR count). The van der Waals surface area contributed by atoms with Crippen molar-refractivity contribution in [2.24, 2.45) is 10.2 Å². The van der Waals surface area contributed by atoms with Crippen LogP contribution in [0.5, 0.6) is 5.75 Å². The molecular weight excluding hydrogens is 325 g/mol. The van der Waals surface area contributed by atoms with Gasteiger partial charge in [0.05, 0.1) is 0 Å². The van der Waals surface area contributed by atoms with E-state index in [1.165, 1.54) is 36.4 Å². The van der Waals surface area contributed by atoms with Crippen LogP contribution in [0.1, 0.15) is 0 Å². The number of aromatic hydroxyl groups is 1. The molecule has 0 spiro atoms. The Morgan fingerprint density at radius 3 is 2.05 bits per heavy atom. The Hall–Kier alpha value is -2.08. The average molecular weight is 337 g/mol. The molecule has 0 aliphatic heterocycles. The van der Waals surface area contributed by atoms with Gasteiger partial charge >= 0.3 is 117 Å².